The Bertz CT molecular complexity index is 790. The van der Waals surface area contributed by atoms with Gasteiger partial charge in [-0.15, -0.1) is 0 Å². The van der Waals surface area contributed by atoms with Crippen LogP contribution in [0.3, 0.4) is 0 Å². The number of carboxylic acids is 1. The zero-order chi connectivity index (χ0) is 28.0. The molecule has 3 aliphatic rings. The molecule has 7 nitrogen and oxygen atoms in total. The summed E-state index contributed by atoms with van der Waals surface area (Å²) in [7, 11) is 0. The number of hydrogen-bond acceptors (Lipinski definition) is 6. The molecular weight excluding hydrogens is 496 g/mol. The van der Waals surface area contributed by atoms with Crippen LogP contribution in [0.2, 0.25) is 0 Å². The Kier molecular flexibility index (Phi) is 14.2. The number of unbranched alkanes of at least 4 members (excludes halogenated alkanes) is 1. The molecular formula is C32H52O7. The summed E-state index contributed by atoms with van der Waals surface area (Å²) in [6.45, 7) is 7.94. The molecule has 0 aromatic carbocycles. The zero-order valence-corrected chi connectivity index (χ0v) is 24.3. The number of aliphatic hydroxyl groups is 1. The van der Waals surface area contributed by atoms with Crippen LogP contribution < -0.4 is 0 Å². The van der Waals surface area contributed by atoms with Crippen molar-refractivity contribution in [2.75, 3.05) is 13.2 Å². The average Bonchev–Trinajstić information content (AvgIpc) is 3.21. The van der Waals surface area contributed by atoms with Crippen LogP contribution in [0, 0.1) is 17.8 Å². The lowest BCUT2D eigenvalue weighted by atomic mass is 9.88. The van der Waals surface area contributed by atoms with E-state index in [1.807, 2.05) is 6.08 Å². The van der Waals surface area contributed by atoms with Gasteiger partial charge in [0.25, 0.3) is 0 Å². The van der Waals surface area contributed by atoms with E-state index in [4.69, 9.17) is 24.1 Å². The van der Waals surface area contributed by atoms with E-state index in [1.54, 1.807) is 0 Å². The maximum absolute atomic E-state index is 11.1. The third kappa shape index (κ3) is 11.5. The summed E-state index contributed by atoms with van der Waals surface area (Å²) < 4.78 is 24.8. The Morgan fingerprint density at radius 2 is 1.77 bits per heavy atom. The van der Waals surface area contributed by atoms with Crippen LogP contribution in [0.5, 0.6) is 0 Å². The largest absolute Gasteiger partial charge is 0.481 e. The predicted octanol–water partition coefficient (Wildman–Crippen LogP) is 6.56. The standard InChI is InChI=1S/C32H52O7/c1-23(2)16-17-24(3)28(38-31-14-8-10-20-36-31)19-18-26-25(12-6-4-5-7-13-30(34)35)27(33)22-29(26)39-32-15-9-11-21-37-32/h4,6,16,18-19,24-29,31-33H,5,7-15,17,20-22H2,1-3H3,(H,34,35)/t24?,25-,26-,27+,28-,29-,31?,32?/m1/s1. The van der Waals surface area contributed by atoms with Gasteiger partial charge in [-0.3, -0.25) is 4.79 Å². The van der Waals surface area contributed by atoms with Gasteiger partial charge in [-0.2, -0.15) is 0 Å². The molecule has 39 heavy (non-hydrogen) atoms. The second-order valence-corrected chi connectivity index (χ2v) is 11.8. The lowest BCUT2D eigenvalue weighted by molar-refractivity contribution is -0.193. The summed E-state index contributed by atoms with van der Waals surface area (Å²) in [5.41, 5.74) is 1.30. The van der Waals surface area contributed by atoms with E-state index in [-0.39, 0.29) is 49.0 Å². The number of hydrogen-bond donors (Lipinski definition) is 2. The number of ether oxygens (including phenoxy) is 4. The first-order chi connectivity index (χ1) is 18.8. The minimum Gasteiger partial charge on any atom is -0.481 e. The van der Waals surface area contributed by atoms with Gasteiger partial charge >= 0.3 is 5.97 Å². The maximum Gasteiger partial charge on any atom is 0.303 e. The lowest BCUT2D eigenvalue weighted by Crippen LogP contribution is -2.32. The highest BCUT2D eigenvalue weighted by Gasteiger charge is 2.42. The van der Waals surface area contributed by atoms with Crippen LogP contribution in [0.4, 0.5) is 0 Å². The molecule has 0 aromatic heterocycles. The number of rotatable bonds is 15. The molecule has 0 bridgehead atoms. The first-order valence-electron chi connectivity index (χ1n) is 15.2. The molecule has 1 aliphatic carbocycles. The van der Waals surface area contributed by atoms with Crippen molar-refractivity contribution in [3.8, 4) is 0 Å². The molecule has 1 saturated carbocycles. The van der Waals surface area contributed by atoms with Crippen molar-refractivity contribution in [3.63, 3.8) is 0 Å². The van der Waals surface area contributed by atoms with Gasteiger partial charge in [-0.05, 0) is 89.9 Å². The quantitative estimate of drug-likeness (QED) is 0.177. The van der Waals surface area contributed by atoms with Gasteiger partial charge in [0.2, 0.25) is 0 Å². The summed E-state index contributed by atoms with van der Waals surface area (Å²) in [5.74, 6) is -0.436. The first-order valence-corrected chi connectivity index (χ1v) is 15.2. The van der Waals surface area contributed by atoms with Crippen molar-refractivity contribution >= 4 is 5.97 Å². The van der Waals surface area contributed by atoms with Gasteiger partial charge in [0.1, 0.15) is 0 Å². The van der Waals surface area contributed by atoms with Gasteiger partial charge in [-0.25, -0.2) is 0 Å². The summed E-state index contributed by atoms with van der Waals surface area (Å²) in [5, 5.41) is 20.0. The molecule has 0 radical (unpaired) electrons. The fraction of sp³-hybridized carbons (Fsp3) is 0.781. The van der Waals surface area contributed by atoms with Gasteiger partial charge < -0.3 is 29.2 Å². The average molecular weight is 549 g/mol. The number of allylic oxidation sites excluding steroid dienone is 4. The molecule has 2 aliphatic heterocycles. The van der Waals surface area contributed by atoms with Crippen LogP contribution >= 0.6 is 0 Å². The van der Waals surface area contributed by atoms with Crippen LogP contribution in [-0.2, 0) is 23.7 Å². The minimum atomic E-state index is -0.765. The van der Waals surface area contributed by atoms with Gasteiger partial charge in [-0.1, -0.05) is 42.9 Å². The summed E-state index contributed by atoms with van der Waals surface area (Å²) in [6, 6.07) is 0. The molecule has 0 amide bonds. The number of carbonyl (C=O) groups is 1. The van der Waals surface area contributed by atoms with Gasteiger partial charge in [0.15, 0.2) is 12.6 Å². The SMILES string of the molecule is CC(C)=CCC(C)[C@@H](C=C[C@@H]1[C@@H](CC=CCCCC(=O)O)[C@@H](O)C[C@H]1OC1CCCCO1)OC1CCCCO1. The monoisotopic (exact) mass is 548 g/mol. The van der Waals surface area contributed by atoms with Crippen molar-refractivity contribution < 1.29 is 34.0 Å². The van der Waals surface area contributed by atoms with Crippen molar-refractivity contribution in [1.82, 2.24) is 0 Å². The normalized spacial score (nSPS) is 31.5. The molecule has 0 spiro atoms. The molecule has 222 valence electrons. The third-order valence-electron chi connectivity index (χ3n) is 8.12. The lowest BCUT2D eigenvalue weighted by Gasteiger charge is -2.31. The summed E-state index contributed by atoms with van der Waals surface area (Å²) >= 11 is 0. The van der Waals surface area contributed by atoms with Gasteiger partial charge in [0, 0.05) is 32.0 Å². The van der Waals surface area contributed by atoms with E-state index in [1.165, 1.54) is 5.57 Å². The summed E-state index contributed by atoms with van der Waals surface area (Å²) in [6.07, 6.45) is 19.7. The van der Waals surface area contributed by atoms with E-state index in [0.29, 0.717) is 12.8 Å². The highest BCUT2D eigenvalue weighted by atomic mass is 16.7. The highest BCUT2D eigenvalue weighted by Crippen LogP contribution is 2.40. The Balaban J connectivity index is 1.73. The molecule has 2 N–H and O–H groups in total. The molecule has 3 fully saturated rings. The summed E-state index contributed by atoms with van der Waals surface area (Å²) in [4.78, 5) is 10.8. The van der Waals surface area contributed by atoms with E-state index in [0.717, 1.165) is 71.0 Å². The van der Waals surface area contributed by atoms with Gasteiger partial charge in [0.05, 0.1) is 18.3 Å². The van der Waals surface area contributed by atoms with E-state index in [9.17, 15) is 9.90 Å². The van der Waals surface area contributed by atoms with E-state index < -0.39 is 12.1 Å². The third-order valence-corrected chi connectivity index (χ3v) is 8.12. The molecule has 2 saturated heterocycles. The second-order valence-electron chi connectivity index (χ2n) is 11.8. The van der Waals surface area contributed by atoms with E-state index >= 15 is 0 Å². The van der Waals surface area contributed by atoms with Crippen LogP contribution in [0.15, 0.2) is 36.0 Å². The molecule has 7 heteroatoms. The fourth-order valence-corrected chi connectivity index (χ4v) is 5.74. The van der Waals surface area contributed by atoms with Crippen molar-refractivity contribution in [2.45, 2.75) is 129 Å². The Morgan fingerprint density at radius 3 is 2.41 bits per heavy atom. The van der Waals surface area contributed by atoms with Crippen LogP contribution in [0.1, 0.15) is 97.8 Å². The Morgan fingerprint density at radius 1 is 1.05 bits per heavy atom. The van der Waals surface area contributed by atoms with Crippen molar-refractivity contribution in [2.24, 2.45) is 17.8 Å². The topological polar surface area (TPSA) is 94.5 Å². The van der Waals surface area contributed by atoms with Crippen molar-refractivity contribution in [3.05, 3.63) is 36.0 Å². The molecule has 0 aromatic rings. The minimum absolute atomic E-state index is 0.0187. The molecule has 8 atom stereocenters. The zero-order valence-electron chi connectivity index (χ0n) is 24.3. The highest BCUT2D eigenvalue weighted by molar-refractivity contribution is 5.66. The molecule has 3 unspecified atom stereocenters. The van der Waals surface area contributed by atoms with E-state index in [2.05, 4.69) is 45.1 Å². The molecule has 3 rings (SSSR count). The number of aliphatic hydroxyl groups excluding tert-OH is 1. The second kappa shape index (κ2) is 17.3. The number of carboxylic acid groups (broad SMARTS) is 1. The number of aliphatic carboxylic acids is 1. The van der Waals surface area contributed by atoms with Crippen LogP contribution in [-0.4, -0.2) is 60.3 Å². The fourth-order valence-electron chi connectivity index (χ4n) is 5.74. The molecule has 2 heterocycles. The smallest absolute Gasteiger partial charge is 0.303 e. The van der Waals surface area contributed by atoms with Crippen molar-refractivity contribution in [1.29, 1.82) is 0 Å². The maximum atomic E-state index is 11.1. The Hall–Kier alpha value is -1.51. The van der Waals surface area contributed by atoms with Crippen LogP contribution in [0.25, 0.3) is 0 Å². The first kappa shape index (κ1) is 32.0. The Labute approximate surface area is 235 Å². The predicted molar refractivity (Wildman–Crippen MR) is 152 cm³/mol.